The average Bonchev–Trinajstić information content (AvgIpc) is 2.66. The minimum atomic E-state index is -0.546. The second-order valence-corrected chi connectivity index (χ2v) is 11.1. The van der Waals surface area contributed by atoms with Gasteiger partial charge in [-0.2, -0.15) is 0 Å². The lowest BCUT2D eigenvalue weighted by atomic mass is 9.78. The van der Waals surface area contributed by atoms with Gasteiger partial charge in [0.25, 0.3) is 0 Å². The van der Waals surface area contributed by atoms with Gasteiger partial charge in [0.1, 0.15) is 0 Å². The molecular weight excluding hydrogens is 521 g/mol. The van der Waals surface area contributed by atoms with Gasteiger partial charge in [0.2, 0.25) is 0 Å². The van der Waals surface area contributed by atoms with E-state index in [0.717, 1.165) is 11.1 Å². The third-order valence-electron chi connectivity index (χ3n) is 4.95. The normalized spacial score (nSPS) is 14.1. The highest BCUT2D eigenvalue weighted by atomic mass is 35.5. The zero-order valence-corrected chi connectivity index (χ0v) is 22.7. The number of rotatable bonds is 8. The standard InChI is InChI=1S/C23H26Cl6O2/c1-11(2)21(28)30-19-15(24)7-13(8-16(19)25)23(5,6)14-9-17(26)20(18(27)10-14)31-22(29)12(3)4/h7-12,21-22H,1-6H3. The van der Waals surface area contributed by atoms with Crippen molar-refractivity contribution in [2.75, 3.05) is 0 Å². The summed E-state index contributed by atoms with van der Waals surface area (Å²) in [4.78, 5) is 0. The molecule has 0 aliphatic carbocycles. The van der Waals surface area contributed by atoms with Crippen LogP contribution >= 0.6 is 69.6 Å². The summed E-state index contributed by atoms with van der Waals surface area (Å²) in [5.41, 5.74) is 0.118. The maximum absolute atomic E-state index is 6.50. The molecule has 2 atom stereocenters. The second kappa shape index (κ2) is 10.8. The first kappa shape index (κ1) is 27.0. The Bertz CT molecular complexity index is 807. The molecule has 0 amide bonds. The van der Waals surface area contributed by atoms with Gasteiger partial charge in [0, 0.05) is 17.3 Å². The summed E-state index contributed by atoms with van der Waals surface area (Å²) in [7, 11) is 0. The highest BCUT2D eigenvalue weighted by molar-refractivity contribution is 6.38. The smallest absolute Gasteiger partial charge is 0.174 e. The average molecular weight is 547 g/mol. The first-order valence-corrected chi connectivity index (χ1v) is 12.2. The molecule has 0 radical (unpaired) electrons. The van der Waals surface area contributed by atoms with Crippen LogP contribution in [0.2, 0.25) is 20.1 Å². The fourth-order valence-corrected chi connectivity index (χ4v) is 4.06. The van der Waals surface area contributed by atoms with Crippen molar-refractivity contribution in [1.82, 2.24) is 0 Å². The maximum Gasteiger partial charge on any atom is 0.174 e. The van der Waals surface area contributed by atoms with Gasteiger partial charge in [0.05, 0.1) is 20.1 Å². The molecule has 2 aromatic carbocycles. The maximum atomic E-state index is 6.50. The molecule has 2 aromatic rings. The van der Waals surface area contributed by atoms with Gasteiger partial charge in [0.15, 0.2) is 22.6 Å². The lowest BCUT2D eigenvalue weighted by molar-refractivity contribution is 0.230. The molecule has 31 heavy (non-hydrogen) atoms. The van der Waals surface area contributed by atoms with Crippen LogP contribution < -0.4 is 9.47 Å². The van der Waals surface area contributed by atoms with Crippen LogP contribution in [0.5, 0.6) is 11.5 Å². The summed E-state index contributed by atoms with van der Waals surface area (Å²) in [6, 6.07) is 7.25. The number of hydrogen-bond donors (Lipinski definition) is 0. The molecule has 0 heterocycles. The Labute approximate surface area is 215 Å². The van der Waals surface area contributed by atoms with E-state index in [4.69, 9.17) is 79.1 Å². The molecule has 0 aromatic heterocycles. The van der Waals surface area contributed by atoms with Gasteiger partial charge in [-0.25, -0.2) is 0 Å². The number of hydrogen-bond acceptors (Lipinski definition) is 2. The molecule has 0 saturated carbocycles. The molecule has 2 unspecified atom stereocenters. The van der Waals surface area contributed by atoms with Crippen molar-refractivity contribution in [2.24, 2.45) is 11.8 Å². The number of ether oxygens (including phenoxy) is 2. The second-order valence-electron chi connectivity index (χ2n) is 8.59. The number of halogens is 6. The van der Waals surface area contributed by atoms with E-state index in [2.05, 4.69) is 0 Å². The Morgan fingerprint density at radius 1 is 0.613 bits per heavy atom. The van der Waals surface area contributed by atoms with Crippen LogP contribution in [-0.2, 0) is 5.41 Å². The zero-order chi connectivity index (χ0) is 23.7. The van der Waals surface area contributed by atoms with Crippen LogP contribution in [0.1, 0.15) is 52.7 Å². The summed E-state index contributed by atoms with van der Waals surface area (Å²) >= 11 is 38.5. The molecule has 8 heteroatoms. The van der Waals surface area contributed by atoms with E-state index in [-0.39, 0.29) is 11.8 Å². The largest absolute Gasteiger partial charge is 0.471 e. The predicted molar refractivity (Wildman–Crippen MR) is 135 cm³/mol. The van der Waals surface area contributed by atoms with Crippen molar-refractivity contribution in [3.63, 3.8) is 0 Å². The van der Waals surface area contributed by atoms with Crippen molar-refractivity contribution in [3.8, 4) is 11.5 Å². The molecule has 2 nitrogen and oxygen atoms in total. The van der Waals surface area contributed by atoms with E-state index in [0.29, 0.717) is 31.6 Å². The van der Waals surface area contributed by atoms with Crippen molar-refractivity contribution >= 4 is 69.6 Å². The first-order chi connectivity index (χ1) is 14.2. The van der Waals surface area contributed by atoms with Crippen molar-refractivity contribution in [2.45, 2.75) is 58.1 Å². The van der Waals surface area contributed by atoms with Crippen LogP contribution in [-0.4, -0.2) is 11.1 Å². The third-order valence-corrected chi connectivity index (χ3v) is 7.26. The fourth-order valence-electron chi connectivity index (χ4n) is 2.73. The van der Waals surface area contributed by atoms with Crippen molar-refractivity contribution in [1.29, 1.82) is 0 Å². The van der Waals surface area contributed by atoms with Crippen LogP contribution in [0, 0.1) is 11.8 Å². The first-order valence-electron chi connectivity index (χ1n) is 9.86. The monoisotopic (exact) mass is 544 g/mol. The Balaban J connectivity index is 2.43. The van der Waals surface area contributed by atoms with E-state index in [9.17, 15) is 0 Å². The van der Waals surface area contributed by atoms with Gasteiger partial charge in [-0.15, -0.1) is 0 Å². The molecule has 0 N–H and O–H groups in total. The van der Waals surface area contributed by atoms with E-state index in [1.54, 1.807) is 0 Å². The molecule has 0 fully saturated rings. The van der Waals surface area contributed by atoms with Crippen LogP contribution in [0.25, 0.3) is 0 Å². The van der Waals surface area contributed by atoms with E-state index in [1.165, 1.54) is 0 Å². The molecule has 0 aliphatic heterocycles. The molecular formula is C23H26Cl6O2. The van der Waals surface area contributed by atoms with Crippen LogP contribution in [0.3, 0.4) is 0 Å². The van der Waals surface area contributed by atoms with Gasteiger partial charge in [-0.1, -0.05) is 111 Å². The summed E-state index contributed by atoms with van der Waals surface area (Å²) < 4.78 is 11.5. The minimum absolute atomic E-state index is 0.0956. The lowest BCUT2D eigenvalue weighted by Crippen LogP contribution is -2.21. The van der Waals surface area contributed by atoms with Gasteiger partial charge in [-0.3, -0.25) is 0 Å². The molecule has 2 rings (SSSR count). The zero-order valence-electron chi connectivity index (χ0n) is 18.2. The van der Waals surface area contributed by atoms with Gasteiger partial charge in [-0.05, 0) is 35.4 Å². The highest BCUT2D eigenvalue weighted by Crippen LogP contribution is 2.44. The SMILES string of the molecule is CC(C)C(Cl)Oc1c(Cl)cc(C(C)(C)c2cc(Cl)c(OC(Cl)C(C)C)c(Cl)c2)cc1Cl. The summed E-state index contributed by atoms with van der Waals surface area (Å²) in [5.74, 6) is 0.910. The van der Waals surface area contributed by atoms with E-state index < -0.39 is 16.5 Å². The van der Waals surface area contributed by atoms with E-state index in [1.807, 2.05) is 65.8 Å². The van der Waals surface area contributed by atoms with Crippen LogP contribution in [0.4, 0.5) is 0 Å². The van der Waals surface area contributed by atoms with E-state index >= 15 is 0 Å². The van der Waals surface area contributed by atoms with Gasteiger partial charge < -0.3 is 9.47 Å². The Kier molecular flexibility index (Phi) is 9.42. The van der Waals surface area contributed by atoms with Crippen LogP contribution in [0.15, 0.2) is 24.3 Å². The Morgan fingerprint density at radius 2 is 0.871 bits per heavy atom. The minimum Gasteiger partial charge on any atom is -0.471 e. The van der Waals surface area contributed by atoms with Crippen molar-refractivity contribution in [3.05, 3.63) is 55.5 Å². The molecule has 0 spiro atoms. The summed E-state index contributed by atoms with van der Waals surface area (Å²) in [6.45, 7) is 11.8. The Hall–Kier alpha value is -0.220. The predicted octanol–water partition coefficient (Wildman–Crippen LogP) is 9.83. The quantitative estimate of drug-likeness (QED) is 0.307. The Morgan fingerprint density at radius 3 is 1.10 bits per heavy atom. The summed E-state index contributed by atoms with van der Waals surface area (Å²) in [6.07, 6.45) is 0. The molecule has 0 saturated heterocycles. The number of alkyl halides is 2. The molecule has 0 aliphatic rings. The summed E-state index contributed by atoms with van der Waals surface area (Å²) in [5, 5.41) is 1.50. The van der Waals surface area contributed by atoms with Crippen molar-refractivity contribution < 1.29 is 9.47 Å². The fraction of sp³-hybridized carbons (Fsp3) is 0.478. The molecule has 0 bridgehead atoms. The lowest BCUT2D eigenvalue weighted by Gasteiger charge is -2.29. The third kappa shape index (κ3) is 6.43. The van der Waals surface area contributed by atoms with Gasteiger partial charge >= 0.3 is 0 Å². The molecule has 172 valence electrons. The highest BCUT2D eigenvalue weighted by Gasteiger charge is 2.29. The topological polar surface area (TPSA) is 18.5 Å². The number of benzene rings is 2.